The van der Waals surface area contributed by atoms with Gasteiger partial charge >= 0.3 is 0 Å². The molecule has 0 unspecified atom stereocenters. The van der Waals surface area contributed by atoms with Gasteiger partial charge in [-0.25, -0.2) is 0 Å². The summed E-state index contributed by atoms with van der Waals surface area (Å²) in [4.78, 5) is 4.42. The Balaban J connectivity index is 1.89. The van der Waals surface area contributed by atoms with E-state index in [1.807, 2.05) is 30.1 Å². The fraction of sp³-hybridized carbons (Fsp3) is 0.400. The Morgan fingerprint density at radius 1 is 1.48 bits per heavy atom. The van der Waals surface area contributed by atoms with Crippen molar-refractivity contribution in [3.63, 3.8) is 0 Å². The highest BCUT2D eigenvalue weighted by Gasteiger charge is 2.23. The van der Waals surface area contributed by atoms with Gasteiger partial charge in [0.05, 0.1) is 0 Å². The van der Waals surface area contributed by atoms with E-state index in [9.17, 15) is 5.11 Å². The van der Waals surface area contributed by atoms with Crippen LogP contribution in [0.1, 0.15) is 23.7 Å². The van der Waals surface area contributed by atoms with Crippen LogP contribution >= 0.6 is 24.0 Å². The molecule has 1 aromatic carbocycles. The highest BCUT2D eigenvalue weighted by molar-refractivity contribution is 7.99. The predicted octanol–water partition coefficient (Wildman–Crippen LogP) is 3.03. The Morgan fingerprint density at radius 2 is 2.33 bits per heavy atom. The third-order valence-electron chi connectivity index (χ3n) is 3.82. The van der Waals surface area contributed by atoms with Crippen LogP contribution in [0, 0.1) is 4.77 Å². The molecule has 2 heterocycles. The SMILES string of the molecule is NCCCc1c[nH]c(=S)n1[C@H]1CSc2ccc(O)cc2C1. The zero-order valence-electron chi connectivity index (χ0n) is 11.7. The lowest BCUT2D eigenvalue weighted by Crippen LogP contribution is -2.20. The third-order valence-corrected chi connectivity index (χ3v) is 5.40. The molecule has 2 aromatic rings. The molecule has 21 heavy (non-hydrogen) atoms. The maximum Gasteiger partial charge on any atom is 0.177 e. The zero-order chi connectivity index (χ0) is 14.8. The lowest BCUT2D eigenvalue weighted by molar-refractivity contribution is 0.470. The van der Waals surface area contributed by atoms with E-state index >= 15 is 0 Å². The molecule has 0 saturated carbocycles. The predicted molar refractivity (Wildman–Crippen MR) is 88.6 cm³/mol. The fourth-order valence-corrected chi connectivity index (χ4v) is 4.28. The van der Waals surface area contributed by atoms with Gasteiger partial charge in [0.1, 0.15) is 5.75 Å². The van der Waals surface area contributed by atoms with Crippen molar-refractivity contribution in [2.45, 2.75) is 30.2 Å². The molecule has 6 heteroatoms. The summed E-state index contributed by atoms with van der Waals surface area (Å²) in [5.41, 5.74) is 8.03. The molecule has 0 spiro atoms. The molecule has 4 nitrogen and oxygen atoms in total. The largest absolute Gasteiger partial charge is 0.508 e. The number of phenols is 1. The first kappa shape index (κ1) is 14.7. The number of nitrogens with two attached hydrogens (primary N) is 1. The van der Waals surface area contributed by atoms with Gasteiger partial charge in [-0.1, -0.05) is 0 Å². The summed E-state index contributed by atoms with van der Waals surface area (Å²) >= 11 is 7.27. The van der Waals surface area contributed by atoms with Gasteiger partial charge in [-0.3, -0.25) is 0 Å². The summed E-state index contributed by atoms with van der Waals surface area (Å²) in [6.07, 6.45) is 4.81. The number of nitrogens with one attached hydrogen (secondary N) is 1. The van der Waals surface area contributed by atoms with Crippen molar-refractivity contribution >= 4 is 24.0 Å². The van der Waals surface area contributed by atoms with Gasteiger partial charge in [0.15, 0.2) is 4.77 Å². The van der Waals surface area contributed by atoms with E-state index in [2.05, 4.69) is 9.55 Å². The molecule has 1 aromatic heterocycles. The third kappa shape index (κ3) is 3.02. The van der Waals surface area contributed by atoms with E-state index in [1.54, 1.807) is 6.07 Å². The van der Waals surface area contributed by atoms with Gasteiger partial charge in [-0.2, -0.15) is 0 Å². The van der Waals surface area contributed by atoms with Crippen molar-refractivity contribution in [3.8, 4) is 5.75 Å². The lowest BCUT2D eigenvalue weighted by Gasteiger charge is -2.27. The number of aromatic hydroxyl groups is 1. The monoisotopic (exact) mass is 321 g/mol. The molecule has 0 amide bonds. The molecule has 0 bridgehead atoms. The number of phenolic OH excluding ortho intramolecular Hbond substituents is 1. The number of H-pyrrole nitrogens is 1. The minimum Gasteiger partial charge on any atom is -0.508 e. The maximum atomic E-state index is 9.67. The van der Waals surface area contributed by atoms with E-state index in [1.165, 1.54) is 16.2 Å². The van der Waals surface area contributed by atoms with Crippen molar-refractivity contribution < 1.29 is 5.11 Å². The van der Waals surface area contributed by atoms with Crippen molar-refractivity contribution in [1.29, 1.82) is 0 Å². The van der Waals surface area contributed by atoms with E-state index in [4.69, 9.17) is 18.0 Å². The van der Waals surface area contributed by atoms with E-state index in [0.29, 0.717) is 18.3 Å². The second-order valence-corrected chi connectivity index (χ2v) is 6.76. The number of aromatic nitrogens is 2. The number of aromatic amines is 1. The van der Waals surface area contributed by atoms with Gasteiger partial charge in [-0.05, 0) is 61.8 Å². The summed E-state index contributed by atoms with van der Waals surface area (Å²) in [5, 5.41) is 9.67. The molecular weight excluding hydrogens is 302 g/mol. The average Bonchev–Trinajstić information content (AvgIpc) is 2.85. The van der Waals surface area contributed by atoms with Crippen LogP contribution in [-0.4, -0.2) is 27.0 Å². The number of hydrogen-bond acceptors (Lipinski definition) is 4. The number of aryl methyl sites for hydroxylation is 1. The van der Waals surface area contributed by atoms with Gasteiger partial charge in [0.25, 0.3) is 0 Å². The smallest absolute Gasteiger partial charge is 0.177 e. The van der Waals surface area contributed by atoms with Crippen molar-refractivity contribution in [1.82, 2.24) is 9.55 Å². The van der Waals surface area contributed by atoms with Crippen molar-refractivity contribution in [2.75, 3.05) is 12.3 Å². The normalized spacial score (nSPS) is 17.7. The Labute approximate surface area is 133 Å². The summed E-state index contributed by atoms with van der Waals surface area (Å²) in [6.45, 7) is 0.689. The Kier molecular flexibility index (Phi) is 4.37. The molecule has 112 valence electrons. The highest BCUT2D eigenvalue weighted by Crippen LogP contribution is 2.37. The lowest BCUT2D eigenvalue weighted by atomic mass is 10.1. The van der Waals surface area contributed by atoms with E-state index < -0.39 is 0 Å². The van der Waals surface area contributed by atoms with Crippen LogP contribution in [0.5, 0.6) is 5.75 Å². The van der Waals surface area contributed by atoms with Gasteiger partial charge < -0.3 is 20.4 Å². The first-order valence-electron chi connectivity index (χ1n) is 7.12. The Morgan fingerprint density at radius 3 is 3.14 bits per heavy atom. The molecule has 0 saturated heterocycles. The molecule has 0 aliphatic carbocycles. The number of rotatable bonds is 4. The first-order chi connectivity index (χ1) is 10.2. The fourth-order valence-electron chi connectivity index (χ4n) is 2.82. The van der Waals surface area contributed by atoms with E-state index in [0.717, 1.165) is 29.8 Å². The quantitative estimate of drug-likeness (QED) is 0.757. The van der Waals surface area contributed by atoms with Gasteiger partial charge in [-0.15, -0.1) is 11.8 Å². The molecular formula is C15H19N3OS2. The number of fused-ring (bicyclic) bond motifs is 1. The number of imidazole rings is 1. The number of nitrogens with zero attached hydrogens (tertiary/aromatic N) is 1. The second-order valence-electron chi connectivity index (χ2n) is 5.31. The molecule has 1 aliphatic heterocycles. The molecule has 4 N–H and O–H groups in total. The van der Waals surface area contributed by atoms with Crippen LogP contribution in [0.4, 0.5) is 0 Å². The Hall–Kier alpha value is -1.24. The van der Waals surface area contributed by atoms with Crippen LogP contribution in [-0.2, 0) is 12.8 Å². The summed E-state index contributed by atoms with van der Waals surface area (Å²) in [5.74, 6) is 1.33. The van der Waals surface area contributed by atoms with E-state index in [-0.39, 0.29) is 0 Å². The highest BCUT2D eigenvalue weighted by atomic mass is 32.2. The van der Waals surface area contributed by atoms with Crippen molar-refractivity contribution in [3.05, 3.63) is 40.4 Å². The zero-order valence-corrected chi connectivity index (χ0v) is 13.3. The standard InChI is InChI=1S/C15H19N3OS2/c16-5-1-2-11-8-17-15(20)18(11)12-6-10-7-13(19)3-4-14(10)21-9-12/h3-4,7-8,12,19H,1-2,5-6,9,16H2,(H,17,20)/t12-/m1/s1. The summed E-state index contributed by atoms with van der Waals surface area (Å²) < 4.78 is 3.00. The van der Waals surface area contributed by atoms with Crippen LogP contribution in [0.25, 0.3) is 0 Å². The minimum absolute atomic E-state index is 0.329. The molecule has 1 aliphatic rings. The second kappa shape index (κ2) is 6.25. The Bertz CT molecular complexity index is 692. The van der Waals surface area contributed by atoms with Crippen LogP contribution in [0.2, 0.25) is 0 Å². The van der Waals surface area contributed by atoms with Crippen LogP contribution < -0.4 is 5.73 Å². The van der Waals surface area contributed by atoms with Crippen LogP contribution in [0.3, 0.4) is 0 Å². The topological polar surface area (TPSA) is 67.0 Å². The van der Waals surface area contributed by atoms with Crippen molar-refractivity contribution in [2.24, 2.45) is 5.73 Å². The molecule has 1 atom stereocenters. The van der Waals surface area contributed by atoms with Crippen LogP contribution in [0.15, 0.2) is 29.3 Å². The first-order valence-corrected chi connectivity index (χ1v) is 8.52. The summed E-state index contributed by atoms with van der Waals surface area (Å²) in [6, 6.07) is 5.94. The number of hydrogen-bond donors (Lipinski definition) is 3. The average molecular weight is 321 g/mol. The molecule has 3 rings (SSSR count). The molecule has 0 radical (unpaired) electrons. The minimum atomic E-state index is 0.329. The summed E-state index contributed by atoms with van der Waals surface area (Å²) in [7, 11) is 0. The number of thioether (sulfide) groups is 1. The van der Waals surface area contributed by atoms with Gasteiger partial charge in [0.2, 0.25) is 0 Å². The molecule has 0 fully saturated rings. The maximum absolute atomic E-state index is 9.67. The van der Waals surface area contributed by atoms with Gasteiger partial charge in [0, 0.05) is 28.6 Å². The number of benzene rings is 1.